The summed E-state index contributed by atoms with van der Waals surface area (Å²) in [4.78, 5) is 19.9. The number of hydroxylamine groups is 2. The lowest BCUT2D eigenvalue weighted by Gasteiger charge is -2.48. The molecule has 6 nitrogen and oxygen atoms in total. The van der Waals surface area contributed by atoms with Crippen LogP contribution in [0.3, 0.4) is 0 Å². The van der Waals surface area contributed by atoms with Crippen LogP contribution in [0.15, 0.2) is 121 Å². The van der Waals surface area contributed by atoms with E-state index in [0.717, 1.165) is 37.4 Å². The van der Waals surface area contributed by atoms with Gasteiger partial charge in [0.1, 0.15) is 0 Å². The van der Waals surface area contributed by atoms with E-state index < -0.39 is 25.0 Å². The summed E-state index contributed by atoms with van der Waals surface area (Å²) in [6.45, 7) is 21.3. The van der Waals surface area contributed by atoms with Gasteiger partial charge in [-0.25, -0.2) is 5.06 Å². The van der Waals surface area contributed by atoms with Crippen LogP contribution in [0.1, 0.15) is 120 Å². The highest BCUT2D eigenvalue weighted by Gasteiger charge is 2.57. The molecule has 0 aromatic heterocycles. The van der Waals surface area contributed by atoms with E-state index in [-0.39, 0.29) is 46.1 Å². The van der Waals surface area contributed by atoms with Crippen LogP contribution in [-0.4, -0.2) is 68.4 Å². The van der Waals surface area contributed by atoms with Gasteiger partial charge in [-0.05, 0) is 98.8 Å². The van der Waals surface area contributed by atoms with E-state index >= 15 is 0 Å². The van der Waals surface area contributed by atoms with Crippen LogP contribution in [0.2, 0.25) is 28.2 Å². The van der Waals surface area contributed by atoms with Crippen LogP contribution < -0.4 is 20.7 Å². The summed E-state index contributed by atoms with van der Waals surface area (Å²) in [6.07, 6.45) is 8.84. The Bertz CT molecular complexity index is 1940. The molecule has 0 radical (unpaired) electrons. The molecule has 4 aromatic carbocycles. The van der Waals surface area contributed by atoms with Gasteiger partial charge in [-0.1, -0.05) is 203 Å². The Morgan fingerprint density at radius 1 is 0.615 bits per heavy atom. The molecule has 2 aliphatic carbocycles. The van der Waals surface area contributed by atoms with Crippen molar-refractivity contribution in [2.24, 2.45) is 17.8 Å². The van der Waals surface area contributed by atoms with Crippen LogP contribution in [0.4, 0.5) is 0 Å². The average molecular weight is 935 g/mol. The maximum Gasteiger partial charge on any atom is 0.261 e. The normalized spacial score (nSPS) is 20.7. The molecular formula is C56H83NO5Si3. The third-order valence-electron chi connectivity index (χ3n) is 15.8. The van der Waals surface area contributed by atoms with Crippen LogP contribution >= 0.6 is 0 Å². The van der Waals surface area contributed by atoms with Gasteiger partial charge in [0.2, 0.25) is 5.91 Å². The first-order chi connectivity index (χ1) is 31.1. The zero-order valence-corrected chi connectivity index (χ0v) is 45.0. The van der Waals surface area contributed by atoms with Crippen molar-refractivity contribution in [3.63, 3.8) is 0 Å². The summed E-state index contributed by atoms with van der Waals surface area (Å²) in [5.74, 6) is 0.461. The minimum absolute atomic E-state index is 0.00801. The predicted molar refractivity (Wildman–Crippen MR) is 279 cm³/mol. The van der Waals surface area contributed by atoms with Crippen molar-refractivity contribution in [2.75, 3.05) is 14.2 Å². The van der Waals surface area contributed by atoms with Crippen molar-refractivity contribution >= 4 is 51.6 Å². The maximum absolute atomic E-state index is 14.3. The molecule has 9 heteroatoms. The summed E-state index contributed by atoms with van der Waals surface area (Å²) >= 11 is 0. The fourth-order valence-electron chi connectivity index (χ4n) is 11.9. The number of carbonyl (C=O) groups excluding carboxylic acids is 1. The third-order valence-corrected chi connectivity index (χ3v) is 30.6. The molecule has 6 rings (SSSR count). The largest absolute Gasteiger partial charge is 0.414 e. The number of hydrogen-bond acceptors (Lipinski definition) is 5. The fraction of sp³-hybridized carbons (Fsp3) is 0.554. The molecule has 2 saturated carbocycles. The lowest BCUT2D eigenvalue weighted by atomic mass is 9.80. The molecule has 65 heavy (non-hydrogen) atoms. The lowest BCUT2D eigenvalue weighted by molar-refractivity contribution is -0.170. The molecule has 0 spiro atoms. The molecule has 2 unspecified atom stereocenters. The summed E-state index contributed by atoms with van der Waals surface area (Å²) in [7, 11) is -4.65. The number of hydrogen-bond donors (Lipinski definition) is 0. The first-order valence-electron chi connectivity index (χ1n) is 25.2. The van der Waals surface area contributed by atoms with Crippen molar-refractivity contribution in [1.82, 2.24) is 5.06 Å². The van der Waals surface area contributed by atoms with Crippen LogP contribution in [-0.2, 0) is 22.9 Å². The van der Waals surface area contributed by atoms with Gasteiger partial charge in [0.05, 0.1) is 19.3 Å². The molecule has 0 aliphatic heterocycles. The van der Waals surface area contributed by atoms with E-state index in [1.54, 1.807) is 14.2 Å². The smallest absolute Gasteiger partial charge is 0.261 e. The summed E-state index contributed by atoms with van der Waals surface area (Å²) in [5.41, 5.74) is 0. The molecule has 0 N–H and O–H groups in total. The fourth-order valence-corrected chi connectivity index (χ4v) is 24.4. The van der Waals surface area contributed by atoms with Gasteiger partial charge in [0.25, 0.3) is 16.6 Å². The highest BCUT2D eigenvalue weighted by molar-refractivity contribution is 7.00. The molecular weight excluding hydrogens is 851 g/mol. The van der Waals surface area contributed by atoms with Gasteiger partial charge >= 0.3 is 0 Å². The van der Waals surface area contributed by atoms with Crippen molar-refractivity contribution in [2.45, 2.75) is 167 Å². The second-order valence-corrected chi connectivity index (χ2v) is 34.6. The molecule has 1 amide bonds. The zero-order valence-electron chi connectivity index (χ0n) is 42.0. The van der Waals surface area contributed by atoms with Gasteiger partial charge in [-0.2, -0.15) is 0 Å². The van der Waals surface area contributed by atoms with Gasteiger partial charge in [-0.3, -0.25) is 9.63 Å². The highest BCUT2D eigenvalue weighted by Crippen LogP contribution is 2.49. The Morgan fingerprint density at radius 3 is 1.43 bits per heavy atom. The monoisotopic (exact) mass is 934 g/mol. The first-order valence-corrected chi connectivity index (χ1v) is 31.5. The van der Waals surface area contributed by atoms with E-state index in [0.29, 0.717) is 12.3 Å². The van der Waals surface area contributed by atoms with Crippen LogP contribution in [0, 0.1) is 17.8 Å². The second kappa shape index (κ2) is 22.3. The molecule has 2 fully saturated rings. The van der Waals surface area contributed by atoms with Gasteiger partial charge in [0.15, 0.2) is 8.32 Å². The Balaban J connectivity index is 1.52. The van der Waals surface area contributed by atoms with Crippen molar-refractivity contribution in [1.29, 1.82) is 0 Å². The standard InChI is InChI=1S/C56H83NO5Si3/c1-12-63(13-2,14-3)60-53-43-52(62-65(56(7,8)9,47-36-26-18-27-37-47)48-38-28-19-29-39-48)49(50(53)42-54(58)57(10)59-11)40-41-51(44-30-20-15-21-31-44)61-64(55(4,5)6,45-32-22-16-23-33-45)46-34-24-17-25-35-46/h16-19,22-29,32-39,44,49-53H,12-15,20-21,30-31,40-43H2,1-11H3/t49-,50-,51?,52?,53+/m1/s1. The summed E-state index contributed by atoms with van der Waals surface area (Å²) < 4.78 is 24.1. The number of amides is 1. The maximum atomic E-state index is 14.3. The number of rotatable bonds is 20. The topological polar surface area (TPSA) is 57.2 Å². The number of benzene rings is 4. The molecule has 5 atom stereocenters. The molecule has 0 bridgehead atoms. The minimum atomic E-state index is -3.00. The summed E-state index contributed by atoms with van der Waals surface area (Å²) in [6, 6.07) is 47.7. The quantitative estimate of drug-likeness (QED) is 0.0653. The SMILES string of the molecule is CC[Si](CC)(CC)O[C@H]1CC(O[Si](c2ccccc2)(c2ccccc2)C(C)(C)C)[C@H](CCC(O[Si](c2ccccc2)(c2ccccc2)C(C)(C)C)C2CCCCC2)[C@H]1CC(=O)N(C)OC. The number of nitrogens with zero attached hydrogens (tertiary/aromatic N) is 1. The van der Waals surface area contributed by atoms with E-state index in [1.165, 1.54) is 57.9 Å². The Hall–Kier alpha value is -3.16. The third kappa shape index (κ3) is 11.1. The second-order valence-electron chi connectivity index (χ2n) is 21.4. The van der Waals surface area contributed by atoms with Crippen molar-refractivity contribution in [3.8, 4) is 0 Å². The Morgan fingerprint density at radius 2 is 1.03 bits per heavy atom. The molecule has 0 saturated heterocycles. The summed E-state index contributed by atoms with van der Waals surface area (Å²) in [5, 5.41) is 6.29. The molecule has 2 aliphatic rings. The van der Waals surface area contributed by atoms with Crippen LogP contribution in [0.5, 0.6) is 0 Å². The van der Waals surface area contributed by atoms with E-state index in [1.807, 2.05) is 0 Å². The number of carbonyl (C=O) groups is 1. The minimum Gasteiger partial charge on any atom is -0.414 e. The van der Waals surface area contributed by atoms with E-state index in [9.17, 15) is 4.79 Å². The van der Waals surface area contributed by atoms with E-state index in [2.05, 4.69) is 184 Å². The lowest BCUT2D eigenvalue weighted by Crippen LogP contribution is -2.68. The Kier molecular flexibility index (Phi) is 17.6. The molecule has 4 aromatic rings. The van der Waals surface area contributed by atoms with E-state index in [4.69, 9.17) is 18.1 Å². The first kappa shape index (κ1) is 51.2. The van der Waals surface area contributed by atoms with Crippen molar-refractivity contribution in [3.05, 3.63) is 121 Å². The molecule has 354 valence electrons. The average Bonchev–Trinajstić information content (AvgIpc) is 3.63. The molecule has 0 heterocycles. The zero-order chi connectivity index (χ0) is 46.9. The van der Waals surface area contributed by atoms with Crippen molar-refractivity contribution < 1.29 is 22.9 Å². The van der Waals surface area contributed by atoms with Gasteiger partial charge < -0.3 is 13.3 Å². The Labute approximate surface area is 397 Å². The predicted octanol–water partition coefficient (Wildman–Crippen LogP) is 11.7. The van der Waals surface area contributed by atoms with Gasteiger partial charge in [0, 0.05) is 19.6 Å². The van der Waals surface area contributed by atoms with Gasteiger partial charge in [-0.15, -0.1) is 0 Å². The van der Waals surface area contributed by atoms with Crippen LogP contribution in [0.25, 0.3) is 0 Å². The highest BCUT2D eigenvalue weighted by atomic mass is 28.4.